The van der Waals surface area contributed by atoms with Crippen molar-refractivity contribution in [3.63, 3.8) is 0 Å². The summed E-state index contributed by atoms with van der Waals surface area (Å²) in [5, 5.41) is 0. The Morgan fingerprint density at radius 1 is 0.571 bits per heavy atom. The van der Waals surface area contributed by atoms with Gasteiger partial charge in [-0.05, 0) is 25.7 Å². The molecule has 0 heterocycles. The molecule has 0 aliphatic carbocycles. The molecule has 0 spiro atoms. The van der Waals surface area contributed by atoms with E-state index in [2.05, 4.69) is 27.9 Å². The summed E-state index contributed by atoms with van der Waals surface area (Å²) in [7, 11) is -0.524. The SMILES string of the molecule is CCCCCCCCCCC[N+](C)(C)CCCCCCCCC.O=P([O-])([O-])[O-].[H+].[H+]. The lowest BCUT2D eigenvalue weighted by molar-refractivity contribution is -0.890. The Balaban J connectivity index is -0.000000429. The number of unbranched alkanes of at least 4 members (excludes halogenated alkanes) is 14. The minimum Gasteiger partial charge on any atom is -0.822 e. The molecular weight excluding hydrogens is 373 g/mol. The first-order valence-corrected chi connectivity index (χ1v) is 13.1. The third kappa shape index (κ3) is 33.6. The quantitative estimate of drug-likeness (QED) is 0.181. The highest BCUT2D eigenvalue weighted by atomic mass is 31.2. The van der Waals surface area contributed by atoms with Gasteiger partial charge in [0.1, 0.15) is 0 Å². The van der Waals surface area contributed by atoms with E-state index in [1.54, 1.807) is 0 Å². The van der Waals surface area contributed by atoms with Gasteiger partial charge in [-0.2, -0.15) is 7.82 Å². The Labute approximate surface area is 178 Å². The predicted molar refractivity (Wildman–Crippen MR) is 117 cm³/mol. The standard InChI is InChI=1S/C22H48N.H3O4P/c1-5-7-9-11-13-14-16-18-20-22-23(3,4)21-19-17-15-12-10-8-6-2;1-5(2,3)4/h5-22H2,1-4H3;(H3,1,2,3,4)/q+1;/p-1. The Morgan fingerprint density at radius 2 is 0.786 bits per heavy atom. The van der Waals surface area contributed by atoms with Crippen LogP contribution in [0.15, 0.2) is 0 Å². The van der Waals surface area contributed by atoms with Gasteiger partial charge in [0, 0.05) is 0 Å². The summed E-state index contributed by atoms with van der Waals surface area (Å²) in [6.07, 6.45) is 23.0. The van der Waals surface area contributed by atoms with Crippen LogP contribution in [0.2, 0.25) is 0 Å². The van der Waals surface area contributed by atoms with Gasteiger partial charge < -0.3 is 23.7 Å². The molecule has 28 heavy (non-hydrogen) atoms. The van der Waals surface area contributed by atoms with Gasteiger partial charge in [-0.3, -0.25) is 0 Å². The number of phosphoric acid groups is 1. The summed E-state index contributed by atoms with van der Waals surface area (Å²) in [6.45, 7) is 7.36. The van der Waals surface area contributed by atoms with E-state index in [-0.39, 0.29) is 2.85 Å². The van der Waals surface area contributed by atoms with Crippen molar-refractivity contribution in [1.29, 1.82) is 0 Å². The van der Waals surface area contributed by atoms with Crippen molar-refractivity contribution in [3.05, 3.63) is 0 Å². The molecule has 0 saturated carbocycles. The number of hydrogen-bond acceptors (Lipinski definition) is 4. The third-order valence-electron chi connectivity index (χ3n) is 5.23. The topological polar surface area (TPSA) is 86.2 Å². The molecule has 0 fully saturated rings. The first-order valence-electron chi connectivity index (χ1n) is 11.7. The maximum absolute atomic E-state index is 8.55. The molecule has 172 valence electrons. The zero-order valence-electron chi connectivity index (χ0n) is 21.3. The molecule has 0 radical (unpaired) electrons. The molecule has 6 heteroatoms. The fourth-order valence-corrected chi connectivity index (χ4v) is 3.46. The fourth-order valence-electron chi connectivity index (χ4n) is 3.46. The monoisotopic (exact) mass is 423 g/mol. The zero-order chi connectivity index (χ0) is 21.7. The number of nitrogens with zero attached hydrogens (tertiary/aromatic N) is 1. The largest absolute Gasteiger partial charge is 1.00 e. The van der Waals surface area contributed by atoms with Crippen LogP contribution in [0.5, 0.6) is 0 Å². The van der Waals surface area contributed by atoms with Crippen LogP contribution in [0.25, 0.3) is 0 Å². The molecule has 0 bridgehead atoms. The van der Waals surface area contributed by atoms with Crippen LogP contribution in [-0.2, 0) is 4.57 Å². The summed E-state index contributed by atoms with van der Waals surface area (Å²) in [4.78, 5) is 25.6. The normalized spacial score (nSPS) is 12.0. The number of quaternary nitrogens is 1. The average Bonchev–Trinajstić information content (AvgIpc) is 2.58. The lowest BCUT2D eigenvalue weighted by atomic mass is 10.1. The van der Waals surface area contributed by atoms with Crippen LogP contribution in [0.4, 0.5) is 0 Å². The van der Waals surface area contributed by atoms with E-state index in [4.69, 9.17) is 19.2 Å². The van der Waals surface area contributed by atoms with Crippen LogP contribution < -0.4 is 14.7 Å². The lowest BCUT2D eigenvalue weighted by Gasteiger charge is -2.36. The van der Waals surface area contributed by atoms with Crippen LogP contribution in [-0.4, -0.2) is 31.7 Å². The zero-order valence-corrected chi connectivity index (χ0v) is 20.1. The summed E-state index contributed by atoms with van der Waals surface area (Å²) in [6, 6.07) is 0. The Hall–Kier alpha value is 0.0700. The Bertz CT molecular complexity index is 361. The van der Waals surface area contributed by atoms with Gasteiger partial charge in [0.05, 0.1) is 27.2 Å². The Morgan fingerprint density at radius 3 is 1.04 bits per heavy atom. The maximum Gasteiger partial charge on any atom is 1.00 e. The molecule has 0 aliphatic heterocycles. The van der Waals surface area contributed by atoms with Crippen LogP contribution in [0, 0.1) is 0 Å². The second kappa shape index (κ2) is 20.3. The minimum atomic E-state index is -5.39. The Kier molecular flexibility index (Phi) is 22.0. The van der Waals surface area contributed by atoms with Gasteiger partial charge in [0.15, 0.2) is 0 Å². The second-order valence-corrected chi connectivity index (χ2v) is 9.67. The molecule has 0 rings (SSSR count). The molecular formula is C22H50NO4P. The molecule has 0 aromatic rings. The van der Waals surface area contributed by atoms with Crippen molar-refractivity contribution in [2.75, 3.05) is 27.2 Å². The maximum atomic E-state index is 8.55. The van der Waals surface area contributed by atoms with Gasteiger partial charge in [-0.1, -0.05) is 90.9 Å². The van der Waals surface area contributed by atoms with Gasteiger partial charge in [-0.25, -0.2) is 0 Å². The predicted octanol–water partition coefficient (Wildman–Crippen LogP) is 4.74. The highest BCUT2D eigenvalue weighted by molar-refractivity contribution is 7.40. The van der Waals surface area contributed by atoms with Crippen LogP contribution in [0.3, 0.4) is 0 Å². The molecule has 0 saturated heterocycles. The van der Waals surface area contributed by atoms with E-state index in [0.29, 0.717) is 0 Å². The summed E-state index contributed by atoms with van der Waals surface area (Å²) in [5.74, 6) is 0. The first kappa shape index (κ1) is 30.3. The number of rotatable bonds is 18. The number of hydrogen-bond donors (Lipinski definition) is 0. The summed E-state index contributed by atoms with van der Waals surface area (Å²) >= 11 is 0. The van der Waals surface area contributed by atoms with E-state index < -0.39 is 7.82 Å². The molecule has 0 atom stereocenters. The van der Waals surface area contributed by atoms with Crippen molar-refractivity contribution in [2.24, 2.45) is 0 Å². The minimum absolute atomic E-state index is 0. The molecule has 0 aliphatic rings. The molecule has 0 amide bonds. The van der Waals surface area contributed by atoms with Crippen molar-refractivity contribution in [2.45, 2.75) is 117 Å². The van der Waals surface area contributed by atoms with Gasteiger partial charge in [-0.15, -0.1) is 0 Å². The van der Waals surface area contributed by atoms with Crippen molar-refractivity contribution >= 4 is 7.82 Å². The van der Waals surface area contributed by atoms with Crippen LogP contribution >= 0.6 is 7.82 Å². The van der Waals surface area contributed by atoms with E-state index >= 15 is 0 Å². The molecule has 5 nitrogen and oxygen atoms in total. The summed E-state index contributed by atoms with van der Waals surface area (Å²) in [5.41, 5.74) is 0. The van der Waals surface area contributed by atoms with E-state index in [1.807, 2.05) is 0 Å². The van der Waals surface area contributed by atoms with E-state index in [1.165, 1.54) is 120 Å². The third-order valence-corrected chi connectivity index (χ3v) is 5.23. The summed E-state index contributed by atoms with van der Waals surface area (Å²) < 4.78 is 9.79. The lowest BCUT2D eigenvalue weighted by Crippen LogP contribution is -2.41. The van der Waals surface area contributed by atoms with Gasteiger partial charge >= 0.3 is 2.85 Å². The average molecular weight is 424 g/mol. The highest BCUT2D eigenvalue weighted by Crippen LogP contribution is 2.13. The van der Waals surface area contributed by atoms with E-state index in [0.717, 1.165) is 0 Å². The van der Waals surface area contributed by atoms with Crippen molar-refractivity contribution in [3.8, 4) is 0 Å². The van der Waals surface area contributed by atoms with Gasteiger partial charge in [0.2, 0.25) is 0 Å². The second-order valence-electron chi connectivity index (χ2n) is 8.78. The molecule has 0 N–H and O–H groups in total. The fraction of sp³-hybridized carbons (Fsp3) is 1.00. The smallest absolute Gasteiger partial charge is 0.822 e. The van der Waals surface area contributed by atoms with Crippen molar-refractivity contribution < 1.29 is 26.6 Å². The molecule has 0 aromatic heterocycles. The highest BCUT2D eigenvalue weighted by Gasteiger charge is 2.13. The molecule has 0 aromatic carbocycles. The van der Waals surface area contributed by atoms with E-state index in [9.17, 15) is 0 Å². The van der Waals surface area contributed by atoms with Gasteiger partial charge in [0.25, 0.3) is 0 Å². The molecule has 0 unspecified atom stereocenters. The van der Waals surface area contributed by atoms with Crippen LogP contribution in [0.1, 0.15) is 119 Å². The van der Waals surface area contributed by atoms with Crippen molar-refractivity contribution in [1.82, 2.24) is 0 Å². The first-order chi connectivity index (χ1) is 13.1.